The Balaban J connectivity index is 2.11. The van der Waals surface area contributed by atoms with Crippen molar-refractivity contribution in [2.75, 3.05) is 0 Å². The van der Waals surface area contributed by atoms with Crippen LogP contribution in [0.5, 0.6) is 5.75 Å². The molecule has 4 aromatic rings. The van der Waals surface area contributed by atoms with Gasteiger partial charge in [-0.15, -0.1) is 11.3 Å². The molecule has 0 fully saturated rings. The summed E-state index contributed by atoms with van der Waals surface area (Å²) >= 11 is 1.56. The molecule has 3 nitrogen and oxygen atoms in total. The van der Waals surface area contributed by atoms with Crippen molar-refractivity contribution in [3.8, 4) is 17.1 Å². The summed E-state index contributed by atoms with van der Waals surface area (Å²) in [6.45, 7) is 0. The van der Waals surface area contributed by atoms with Gasteiger partial charge in [0.05, 0.1) is 5.39 Å². The van der Waals surface area contributed by atoms with E-state index in [4.69, 9.17) is 4.42 Å². The van der Waals surface area contributed by atoms with Crippen molar-refractivity contribution >= 4 is 32.4 Å². The molecule has 102 valence electrons. The summed E-state index contributed by atoms with van der Waals surface area (Å²) in [5.74, 6) is -0.103. The lowest BCUT2D eigenvalue weighted by Gasteiger charge is -2.04. The van der Waals surface area contributed by atoms with Crippen LogP contribution >= 0.6 is 11.3 Å². The predicted octanol–water partition coefficient (Wildman–Crippen LogP) is 4.38. The summed E-state index contributed by atoms with van der Waals surface area (Å²) in [6, 6.07) is 14.8. The molecule has 0 unspecified atom stereocenters. The maximum Gasteiger partial charge on any atom is 0.235 e. The summed E-state index contributed by atoms with van der Waals surface area (Å²) in [6.07, 6.45) is 0. The van der Waals surface area contributed by atoms with Gasteiger partial charge < -0.3 is 9.52 Å². The first kappa shape index (κ1) is 12.2. The van der Waals surface area contributed by atoms with Crippen molar-refractivity contribution in [3.63, 3.8) is 0 Å². The average Bonchev–Trinajstić information content (AvgIpc) is 2.95. The molecule has 2 aromatic carbocycles. The van der Waals surface area contributed by atoms with Gasteiger partial charge in [-0.3, -0.25) is 4.79 Å². The van der Waals surface area contributed by atoms with Crippen molar-refractivity contribution in [1.82, 2.24) is 0 Å². The van der Waals surface area contributed by atoms with Crippen LogP contribution in [0, 0.1) is 0 Å². The minimum atomic E-state index is -0.401. The minimum absolute atomic E-state index is 0.233. The molecule has 0 bridgehead atoms. The standard InChI is InChI=1S/C17H10O3S/c18-15-11-6-1-3-7-13(11)20-17(16(15)19)12-9-21-14-8-4-2-5-10(12)14/h1-9,19H. The van der Waals surface area contributed by atoms with Gasteiger partial charge in [0.1, 0.15) is 5.58 Å². The molecule has 21 heavy (non-hydrogen) atoms. The molecule has 0 aliphatic rings. The second-order valence-electron chi connectivity index (χ2n) is 4.75. The van der Waals surface area contributed by atoms with E-state index >= 15 is 0 Å². The molecular weight excluding hydrogens is 284 g/mol. The molecule has 4 heteroatoms. The molecule has 2 heterocycles. The fraction of sp³-hybridized carbons (Fsp3) is 0. The number of benzene rings is 2. The van der Waals surface area contributed by atoms with Crippen molar-refractivity contribution in [3.05, 3.63) is 64.1 Å². The quantitative estimate of drug-likeness (QED) is 0.567. The molecule has 0 atom stereocenters. The molecule has 0 spiro atoms. The minimum Gasteiger partial charge on any atom is -0.502 e. The zero-order valence-corrected chi connectivity index (χ0v) is 11.7. The van der Waals surface area contributed by atoms with Crippen LogP contribution < -0.4 is 5.43 Å². The highest BCUT2D eigenvalue weighted by atomic mass is 32.1. The lowest BCUT2D eigenvalue weighted by molar-refractivity contribution is 0.449. The molecule has 0 aliphatic heterocycles. The van der Waals surface area contributed by atoms with E-state index in [0.717, 1.165) is 15.6 Å². The average molecular weight is 294 g/mol. The van der Waals surface area contributed by atoms with E-state index in [-0.39, 0.29) is 11.5 Å². The summed E-state index contributed by atoms with van der Waals surface area (Å²) in [5, 5.41) is 13.5. The summed E-state index contributed by atoms with van der Waals surface area (Å²) < 4.78 is 6.87. The normalized spacial score (nSPS) is 11.2. The fourth-order valence-corrected chi connectivity index (χ4v) is 3.41. The number of fused-ring (bicyclic) bond motifs is 2. The first-order chi connectivity index (χ1) is 10.3. The van der Waals surface area contributed by atoms with Gasteiger partial charge in [-0.05, 0) is 18.2 Å². The maximum atomic E-state index is 12.3. The van der Waals surface area contributed by atoms with Crippen LogP contribution in [0.1, 0.15) is 0 Å². The summed E-state index contributed by atoms with van der Waals surface area (Å²) in [5.41, 5.74) is 0.823. The van der Waals surface area contributed by atoms with Gasteiger partial charge >= 0.3 is 0 Å². The monoisotopic (exact) mass is 294 g/mol. The van der Waals surface area contributed by atoms with Crippen LogP contribution in [0.25, 0.3) is 32.4 Å². The predicted molar refractivity (Wildman–Crippen MR) is 85.0 cm³/mol. The lowest BCUT2D eigenvalue weighted by Crippen LogP contribution is -2.02. The molecule has 0 amide bonds. The molecule has 0 saturated heterocycles. The highest BCUT2D eigenvalue weighted by molar-refractivity contribution is 7.17. The first-order valence-electron chi connectivity index (χ1n) is 6.47. The molecule has 1 N–H and O–H groups in total. The molecule has 4 rings (SSSR count). The van der Waals surface area contributed by atoms with E-state index in [2.05, 4.69) is 0 Å². The first-order valence-corrected chi connectivity index (χ1v) is 7.35. The van der Waals surface area contributed by atoms with E-state index in [9.17, 15) is 9.90 Å². The van der Waals surface area contributed by atoms with Crippen LogP contribution in [0.15, 0.2) is 63.1 Å². The van der Waals surface area contributed by atoms with Crippen LogP contribution in [-0.2, 0) is 0 Å². The number of hydrogen-bond acceptors (Lipinski definition) is 4. The highest BCUT2D eigenvalue weighted by Gasteiger charge is 2.17. The number of thiophene rings is 1. The smallest absolute Gasteiger partial charge is 0.235 e. The number of para-hydroxylation sites is 1. The zero-order chi connectivity index (χ0) is 14.4. The number of rotatable bonds is 1. The Labute approximate surface area is 123 Å². The topological polar surface area (TPSA) is 50.4 Å². The van der Waals surface area contributed by atoms with Crippen LogP contribution in [-0.4, -0.2) is 5.11 Å². The molecule has 0 radical (unpaired) electrons. The molecule has 0 saturated carbocycles. The number of aromatic hydroxyl groups is 1. The van der Waals surface area contributed by atoms with Gasteiger partial charge in [0, 0.05) is 21.0 Å². The van der Waals surface area contributed by atoms with Crippen molar-refractivity contribution in [1.29, 1.82) is 0 Å². The Morgan fingerprint density at radius 3 is 2.52 bits per heavy atom. The largest absolute Gasteiger partial charge is 0.502 e. The van der Waals surface area contributed by atoms with Gasteiger partial charge in [0.25, 0.3) is 0 Å². The Morgan fingerprint density at radius 1 is 0.952 bits per heavy atom. The third-order valence-corrected chi connectivity index (χ3v) is 4.46. The Kier molecular flexibility index (Phi) is 2.59. The fourth-order valence-electron chi connectivity index (χ4n) is 2.47. The van der Waals surface area contributed by atoms with E-state index in [1.54, 1.807) is 35.6 Å². The van der Waals surface area contributed by atoms with Crippen molar-refractivity contribution < 1.29 is 9.52 Å². The Hall–Kier alpha value is -2.59. The third kappa shape index (κ3) is 1.76. The van der Waals surface area contributed by atoms with Gasteiger partial charge in [-0.2, -0.15) is 0 Å². The third-order valence-electron chi connectivity index (χ3n) is 3.50. The lowest BCUT2D eigenvalue weighted by atomic mass is 10.1. The van der Waals surface area contributed by atoms with Crippen LogP contribution in [0.3, 0.4) is 0 Å². The van der Waals surface area contributed by atoms with E-state index in [1.807, 2.05) is 29.6 Å². The second-order valence-corrected chi connectivity index (χ2v) is 5.66. The molecule has 2 aromatic heterocycles. The maximum absolute atomic E-state index is 12.3. The van der Waals surface area contributed by atoms with Crippen LogP contribution in [0.4, 0.5) is 0 Å². The molecule has 0 aliphatic carbocycles. The molecular formula is C17H10O3S. The van der Waals surface area contributed by atoms with Gasteiger partial charge in [-0.25, -0.2) is 0 Å². The van der Waals surface area contributed by atoms with Crippen molar-refractivity contribution in [2.45, 2.75) is 0 Å². The van der Waals surface area contributed by atoms with E-state index < -0.39 is 5.43 Å². The summed E-state index contributed by atoms with van der Waals surface area (Å²) in [4.78, 5) is 12.3. The van der Waals surface area contributed by atoms with Gasteiger partial charge in [-0.1, -0.05) is 30.3 Å². The summed E-state index contributed by atoms with van der Waals surface area (Å²) in [7, 11) is 0. The van der Waals surface area contributed by atoms with Crippen LogP contribution in [0.2, 0.25) is 0 Å². The highest BCUT2D eigenvalue weighted by Crippen LogP contribution is 2.38. The van der Waals surface area contributed by atoms with E-state index in [0.29, 0.717) is 11.0 Å². The van der Waals surface area contributed by atoms with Gasteiger partial charge in [0.15, 0.2) is 5.76 Å². The second kappa shape index (κ2) is 4.46. The van der Waals surface area contributed by atoms with Crippen molar-refractivity contribution in [2.24, 2.45) is 0 Å². The Morgan fingerprint density at radius 2 is 1.67 bits per heavy atom. The Bertz CT molecular complexity index is 1030. The zero-order valence-electron chi connectivity index (χ0n) is 10.9. The SMILES string of the molecule is O=c1c(O)c(-c2csc3ccccc23)oc2ccccc12. The number of hydrogen-bond donors (Lipinski definition) is 1. The van der Waals surface area contributed by atoms with E-state index in [1.165, 1.54) is 0 Å². The van der Waals surface area contributed by atoms with Gasteiger partial charge in [0.2, 0.25) is 11.2 Å².